The summed E-state index contributed by atoms with van der Waals surface area (Å²) in [4.78, 5) is 43.9. The molecule has 0 aliphatic heterocycles. The Morgan fingerprint density at radius 2 is 0.508 bits per heavy atom. The molecule has 0 spiro atoms. The Morgan fingerprint density at radius 1 is 0.328 bits per heavy atom. The molecule has 0 aromatic heterocycles. The molecule has 6 aromatic rings. The van der Waals surface area contributed by atoms with Gasteiger partial charge in [0, 0.05) is 56.0 Å². The number of rotatable bonds is 18. The molecule has 3 amide bonds. The van der Waals surface area contributed by atoms with E-state index >= 15 is 0 Å². The summed E-state index contributed by atoms with van der Waals surface area (Å²) in [6.45, 7) is 15.8. The largest absolute Gasteiger partial charge is 0.864 e. The predicted molar refractivity (Wildman–Crippen MR) is 245 cm³/mol. The van der Waals surface area contributed by atoms with Gasteiger partial charge < -0.3 is 28.7 Å². The lowest BCUT2D eigenvalue weighted by Gasteiger charge is -2.19. The first kappa shape index (κ1) is 43.8. The van der Waals surface area contributed by atoms with E-state index in [0.717, 1.165) is 33.4 Å². The molecule has 0 atom stereocenters. The molecule has 9 nitrogen and oxygen atoms in total. The average molecular weight is 816 g/mol. The van der Waals surface area contributed by atoms with Gasteiger partial charge in [-0.1, -0.05) is 72.8 Å². The molecule has 312 valence electrons. The normalized spacial score (nSPS) is 10.7. The van der Waals surface area contributed by atoms with Crippen LogP contribution in [0.4, 0.5) is 0 Å². The van der Waals surface area contributed by atoms with Crippen molar-refractivity contribution in [3.63, 3.8) is 0 Å². The van der Waals surface area contributed by atoms with Gasteiger partial charge in [-0.15, -0.1) is 0 Å². The van der Waals surface area contributed by atoms with Crippen molar-refractivity contribution in [3.05, 3.63) is 162 Å². The summed E-state index contributed by atoms with van der Waals surface area (Å²) in [7, 11) is -1.15. The highest BCUT2D eigenvalue weighted by atomic mass is 16.7. The zero-order valence-electron chi connectivity index (χ0n) is 36.0. The Morgan fingerprint density at radius 3 is 0.689 bits per heavy atom. The fourth-order valence-electron chi connectivity index (χ4n) is 7.08. The van der Waals surface area contributed by atoms with Crippen LogP contribution in [0.3, 0.4) is 0 Å². The second-order valence-electron chi connectivity index (χ2n) is 14.4. The van der Waals surface area contributed by atoms with Gasteiger partial charge in [0.25, 0.3) is 17.7 Å². The lowest BCUT2D eigenvalue weighted by molar-refractivity contribution is 0.0765. The molecule has 0 saturated heterocycles. The van der Waals surface area contributed by atoms with Crippen molar-refractivity contribution in [3.8, 4) is 50.6 Å². The van der Waals surface area contributed by atoms with Gasteiger partial charge in [0.2, 0.25) is 0 Å². The van der Waals surface area contributed by atoms with Crippen molar-refractivity contribution in [2.45, 2.75) is 41.5 Å². The van der Waals surface area contributed by atoms with Gasteiger partial charge in [-0.05, 0) is 148 Å². The van der Waals surface area contributed by atoms with Crippen LogP contribution in [0, 0.1) is 0 Å². The van der Waals surface area contributed by atoms with Crippen LogP contribution in [0.2, 0.25) is 0 Å². The first-order chi connectivity index (χ1) is 29.7. The van der Waals surface area contributed by atoms with Crippen LogP contribution in [0.5, 0.6) is 17.2 Å². The number of benzene rings is 6. The molecule has 10 heteroatoms. The Labute approximate surface area is 360 Å². The van der Waals surface area contributed by atoms with E-state index in [-0.39, 0.29) is 17.7 Å². The zero-order chi connectivity index (χ0) is 43.3. The fourth-order valence-corrected chi connectivity index (χ4v) is 7.08. The number of hydrogen-bond donors (Lipinski definition) is 0. The van der Waals surface area contributed by atoms with Gasteiger partial charge in [-0.3, -0.25) is 14.4 Å². The second kappa shape index (κ2) is 20.9. The minimum atomic E-state index is -1.15. The van der Waals surface area contributed by atoms with Gasteiger partial charge in [0.1, 0.15) is 17.2 Å². The van der Waals surface area contributed by atoms with Crippen LogP contribution in [0.1, 0.15) is 72.6 Å². The van der Waals surface area contributed by atoms with Crippen molar-refractivity contribution >= 4 is 25.0 Å². The molecule has 61 heavy (non-hydrogen) atoms. The Bertz CT molecular complexity index is 2070. The van der Waals surface area contributed by atoms with E-state index in [1.807, 2.05) is 187 Å². The third-order valence-electron chi connectivity index (χ3n) is 10.8. The maximum Gasteiger partial charge on any atom is 0.864 e. The molecule has 0 bridgehead atoms. The van der Waals surface area contributed by atoms with Crippen molar-refractivity contribution in [2.24, 2.45) is 0 Å². The van der Waals surface area contributed by atoms with Crippen LogP contribution in [-0.2, 0) is 0 Å². The standard InChI is InChI=1S/C51H54BN3O6/c1-7-53(8-2)49(56)43-19-13-37(14-20-43)40-25-31-46(32-26-40)59-52(60-47-33-27-41(28-34-47)38-15-21-44(22-16-38)50(57)54(9-3)10-4)61-48-35-29-42(30-36-48)39-17-23-45(24-18-39)51(58)55(11-5)12-6/h13-36H,7-12H2,1-6H3. The molecule has 6 rings (SSSR count). The summed E-state index contributed by atoms with van der Waals surface area (Å²) in [5.74, 6) is 1.67. The molecule has 0 aliphatic carbocycles. The van der Waals surface area contributed by atoms with E-state index < -0.39 is 7.32 Å². The van der Waals surface area contributed by atoms with Crippen LogP contribution < -0.4 is 14.0 Å². The van der Waals surface area contributed by atoms with Crippen LogP contribution in [-0.4, -0.2) is 79.0 Å². The minimum Gasteiger partial charge on any atom is -0.490 e. The minimum absolute atomic E-state index is 0.0196. The van der Waals surface area contributed by atoms with Gasteiger partial charge >= 0.3 is 7.32 Å². The molecule has 0 unspecified atom stereocenters. The Kier molecular flexibility index (Phi) is 15.0. The van der Waals surface area contributed by atoms with E-state index in [2.05, 4.69) is 0 Å². The maximum absolute atomic E-state index is 12.8. The monoisotopic (exact) mass is 815 g/mol. The molecule has 0 fully saturated rings. The highest BCUT2D eigenvalue weighted by molar-refractivity contribution is 6.39. The van der Waals surface area contributed by atoms with Crippen LogP contribution >= 0.6 is 0 Å². The van der Waals surface area contributed by atoms with Crippen LogP contribution in [0.25, 0.3) is 33.4 Å². The smallest absolute Gasteiger partial charge is 0.490 e. The highest BCUT2D eigenvalue weighted by Gasteiger charge is 2.30. The number of carbonyl (C=O) groups is 3. The average Bonchev–Trinajstić information content (AvgIpc) is 3.31. The lowest BCUT2D eigenvalue weighted by atomic mass is 10.0. The van der Waals surface area contributed by atoms with Crippen molar-refractivity contribution in [1.29, 1.82) is 0 Å². The zero-order valence-corrected chi connectivity index (χ0v) is 36.0. The molecule has 0 aliphatic rings. The molecule has 6 aromatic carbocycles. The van der Waals surface area contributed by atoms with Crippen molar-refractivity contribution in [2.75, 3.05) is 39.3 Å². The fraction of sp³-hybridized carbons (Fsp3) is 0.235. The quantitative estimate of drug-likeness (QED) is 0.0803. The first-order valence-electron chi connectivity index (χ1n) is 21.2. The van der Waals surface area contributed by atoms with E-state index in [4.69, 9.17) is 14.0 Å². The van der Waals surface area contributed by atoms with E-state index in [0.29, 0.717) is 73.2 Å². The van der Waals surface area contributed by atoms with Crippen molar-refractivity contribution in [1.82, 2.24) is 14.7 Å². The predicted octanol–water partition coefficient (Wildman–Crippen LogP) is 10.7. The topological polar surface area (TPSA) is 88.6 Å². The molecule has 0 heterocycles. The highest BCUT2D eigenvalue weighted by Crippen LogP contribution is 2.28. The van der Waals surface area contributed by atoms with Gasteiger partial charge in [0.15, 0.2) is 0 Å². The SMILES string of the molecule is CCN(CC)C(=O)c1ccc(-c2ccc(OB(Oc3ccc(-c4ccc(C(=O)N(CC)CC)cc4)cc3)Oc3ccc(-c4ccc(C(=O)N(CC)CC)cc4)cc3)cc2)cc1. The lowest BCUT2D eigenvalue weighted by Crippen LogP contribution is -2.36. The number of carbonyl (C=O) groups excluding carboxylic acids is 3. The van der Waals surface area contributed by atoms with Gasteiger partial charge in [-0.2, -0.15) is 0 Å². The first-order valence-corrected chi connectivity index (χ1v) is 21.2. The number of nitrogens with zero attached hydrogens (tertiary/aromatic N) is 3. The summed E-state index contributed by atoms with van der Waals surface area (Å²) in [5, 5.41) is 0. The molecule has 0 radical (unpaired) electrons. The third kappa shape index (κ3) is 10.9. The summed E-state index contributed by atoms with van der Waals surface area (Å²) < 4.78 is 19.0. The van der Waals surface area contributed by atoms with Gasteiger partial charge in [0.05, 0.1) is 0 Å². The Balaban J connectivity index is 1.19. The second-order valence-corrected chi connectivity index (χ2v) is 14.4. The third-order valence-corrected chi connectivity index (χ3v) is 10.8. The Hall–Kier alpha value is -6.81. The van der Waals surface area contributed by atoms with E-state index in [9.17, 15) is 14.4 Å². The van der Waals surface area contributed by atoms with E-state index in [1.165, 1.54) is 0 Å². The molecule has 0 saturated carbocycles. The number of amides is 3. The molecular weight excluding hydrogens is 761 g/mol. The van der Waals surface area contributed by atoms with Gasteiger partial charge in [-0.25, -0.2) is 0 Å². The summed E-state index contributed by atoms with van der Waals surface area (Å²) in [5.41, 5.74) is 7.80. The maximum atomic E-state index is 12.8. The summed E-state index contributed by atoms with van der Waals surface area (Å²) in [6, 6.07) is 45.8. The van der Waals surface area contributed by atoms with E-state index in [1.54, 1.807) is 14.7 Å². The van der Waals surface area contributed by atoms with Crippen LogP contribution in [0.15, 0.2) is 146 Å². The summed E-state index contributed by atoms with van der Waals surface area (Å²) >= 11 is 0. The molecule has 0 N–H and O–H groups in total. The summed E-state index contributed by atoms with van der Waals surface area (Å²) in [6.07, 6.45) is 0. The number of hydrogen-bond acceptors (Lipinski definition) is 6. The van der Waals surface area contributed by atoms with Crippen molar-refractivity contribution < 1.29 is 28.3 Å². The molecular formula is C51H54BN3O6.